The van der Waals surface area contributed by atoms with Gasteiger partial charge in [-0.2, -0.15) is 0 Å². The Kier molecular flexibility index (Phi) is 6.25. The van der Waals surface area contributed by atoms with E-state index in [2.05, 4.69) is 46.7 Å². The highest BCUT2D eigenvalue weighted by Crippen LogP contribution is 2.28. The molecule has 26 heavy (non-hydrogen) atoms. The van der Waals surface area contributed by atoms with Crippen molar-refractivity contribution in [1.29, 1.82) is 0 Å². The molecule has 1 N–H and O–H groups in total. The van der Waals surface area contributed by atoms with Crippen LogP contribution in [-0.4, -0.2) is 29.6 Å². The van der Waals surface area contributed by atoms with Crippen molar-refractivity contribution in [1.82, 2.24) is 10.2 Å². The molecule has 0 aliphatic carbocycles. The van der Waals surface area contributed by atoms with Gasteiger partial charge in [-0.25, -0.2) is 0 Å². The van der Waals surface area contributed by atoms with Crippen LogP contribution in [0.2, 0.25) is 0 Å². The summed E-state index contributed by atoms with van der Waals surface area (Å²) >= 11 is 3.10. The van der Waals surface area contributed by atoms with Crippen molar-refractivity contribution in [2.75, 3.05) is 19.0 Å². The lowest BCUT2D eigenvalue weighted by Gasteiger charge is -2.03. The van der Waals surface area contributed by atoms with Crippen LogP contribution in [0.5, 0.6) is 5.75 Å². The minimum atomic E-state index is -0.00304. The molecule has 0 radical (unpaired) electrons. The third kappa shape index (κ3) is 5.06. The second kappa shape index (κ2) is 8.82. The molecular weight excluding hydrogens is 366 g/mol. The molecule has 5 nitrogen and oxygen atoms in total. The lowest BCUT2D eigenvalue weighted by Crippen LogP contribution is -2.13. The number of carbonyl (C=O) groups excluding carboxylic acids is 1. The van der Waals surface area contributed by atoms with Gasteiger partial charge in [0.25, 0.3) is 0 Å². The highest BCUT2D eigenvalue weighted by Gasteiger charge is 2.09. The van der Waals surface area contributed by atoms with E-state index in [0.29, 0.717) is 10.7 Å². The van der Waals surface area contributed by atoms with Crippen LogP contribution >= 0.6 is 23.1 Å². The van der Waals surface area contributed by atoms with Crippen molar-refractivity contribution in [3.05, 3.63) is 65.2 Å². The van der Waals surface area contributed by atoms with Crippen molar-refractivity contribution < 1.29 is 9.53 Å². The average Bonchev–Trinajstić information content (AvgIpc) is 3.13. The van der Waals surface area contributed by atoms with Gasteiger partial charge >= 0.3 is 0 Å². The molecule has 0 saturated heterocycles. The van der Waals surface area contributed by atoms with Crippen LogP contribution in [0.4, 0.5) is 5.13 Å². The maximum atomic E-state index is 12.2. The number of aromatic nitrogens is 2. The molecule has 0 aliphatic heterocycles. The smallest absolute Gasteiger partial charge is 0.206 e. The summed E-state index contributed by atoms with van der Waals surface area (Å²) in [5.41, 5.74) is 3.14. The Balaban J connectivity index is 1.49. The Morgan fingerprint density at radius 3 is 2.54 bits per heavy atom. The first kappa shape index (κ1) is 18.4. The minimum absolute atomic E-state index is 0.00304. The van der Waals surface area contributed by atoms with Crippen LogP contribution in [0.1, 0.15) is 21.5 Å². The normalized spacial score (nSPS) is 10.5. The molecule has 7 heteroatoms. The number of hydrogen-bond acceptors (Lipinski definition) is 7. The molecule has 0 amide bonds. The average molecular weight is 386 g/mol. The van der Waals surface area contributed by atoms with Gasteiger partial charge in [0.2, 0.25) is 5.13 Å². The highest BCUT2D eigenvalue weighted by atomic mass is 32.2. The van der Waals surface area contributed by atoms with Crippen molar-refractivity contribution in [3.8, 4) is 5.75 Å². The lowest BCUT2D eigenvalue weighted by atomic mass is 10.1. The molecule has 0 atom stereocenters. The molecule has 2 aromatic carbocycles. The van der Waals surface area contributed by atoms with E-state index < -0.39 is 0 Å². The molecule has 0 spiro atoms. The van der Waals surface area contributed by atoms with E-state index in [1.54, 1.807) is 43.1 Å². The van der Waals surface area contributed by atoms with Gasteiger partial charge in [0, 0.05) is 11.3 Å². The summed E-state index contributed by atoms with van der Waals surface area (Å²) in [6.07, 6.45) is 0. The van der Waals surface area contributed by atoms with Gasteiger partial charge in [-0.15, -0.1) is 10.2 Å². The monoisotopic (exact) mass is 385 g/mol. The Labute approximate surface area is 160 Å². The predicted octanol–water partition coefficient (Wildman–Crippen LogP) is 4.44. The molecule has 0 saturated carbocycles. The minimum Gasteiger partial charge on any atom is -0.497 e. The fraction of sp³-hybridized carbons (Fsp3) is 0.211. The maximum Gasteiger partial charge on any atom is 0.206 e. The van der Waals surface area contributed by atoms with Gasteiger partial charge in [0.05, 0.1) is 13.7 Å². The van der Waals surface area contributed by atoms with E-state index in [9.17, 15) is 4.79 Å². The third-order valence-electron chi connectivity index (χ3n) is 3.70. The molecule has 0 aliphatic rings. The fourth-order valence-electron chi connectivity index (χ4n) is 2.20. The summed E-state index contributed by atoms with van der Waals surface area (Å²) in [7, 11) is 1.60. The number of rotatable bonds is 8. The maximum absolute atomic E-state index is 12.2. The zero-order valence-electron chi connectivity index (χ0n) is 14.6. The van der Waals surface area contributed by atoms with Crippen molar-refractivity contribution >= 4 is 34.0 Å². The van der Waals surface area contributed by atoms with Gasteiger partial charge in [-0.3, -0.25) is 4.79 Å². The standard InChI is InChI=1S/C19H19N3O2S2/c1-13-3-5-14(6-4-13)12-25-19-22-21-18(26-19)20-11-17(23)15-7-9-16(24-2)10-8-15/h3-10H,11-12H2,1-2H3,(H,20,21). The number of anilines is 1. The zero-order chi connectivity index (χ0) is 18.4. The van der Waals surface area contributed by atoms with Gasteiger partial charge < -0.3 is 10.1 Å². The predicted molar refractivity (Wildman–Crippen MR) is 106 cm³/mol. The number of ketones is 1. The van der Waals surface area contributed by atoms with Crippen LogP contribution < -0.4 is 10.1 Å². The highest BCUT2D eigenvalue weighted by molar-refractivity contribution is 8.00. The molecule has 1 aromatic heterocycles. The fourth-order valence-corrected chi connectivity index (χ4v) is 3.91. The molecule has 134 valence electrons. The molecule has 3 rings (SSSR count). The zero-order valence-corrected chi connectivity index (χ0v) is 16.2. The first-order valence-electron chi connectivity index (χ1n) is 8.07. The van der Waals surface area contributed by atoms with E-state index in [0.717, 1.165) is 15.8 Å². The van der Waals surface area contributed by atoms with E-state index in [4.69, 9.17) is 4.74 Å². The summed E-state index contributed by atoms with van der Waals surface area (Å²) in [6, 6.07) is 15.5. The van der Waals surface area contributed by atoms with Crippen LogP contribution in [0.3, 0.4) is 0 Å². The van der Waals surface area contributed by atoms with Gasteiger partial charge in [0.15, 0.2) is 10.1 Å². The quantitative estimate of drug-likeness (QED) is 0.457. The van der Waals surface area contributed by atoms with E-state index in [-0.39, 0.29) is 12.3 Å². The van der Waals surface area contributed by atoms with E-state index >= 15 is 0 Å². The Morgan fingerprint density at radius 2 is 1.85 bits per heavy atom. The first-order chi connectivity index (χ1) is 12.6. The van der Waals surface area contributed by atoms with Crippen molar-refractivity contribution in [3.63, 3.8) is 0 Å². The second-order valence-electron chi connectivity index (χ2n) is 5.65. The Hall–Kier alpha value is -2.38. The summed E-state index contributed by atoms with van der Waals surface area (Å²) in [6.45, 7) is 2.26. The number of hydrogen-bond donors (Lipinski definition) is 1. The van der Waals surface area contributed by atoms with E-state index in [1.807, 2.05) is 0 Å². The number of ether oxygens (including phenoxy) is 1. The topological polar surface area (TPSA) is 64.1 Å². The molecule has 0 fully saturated rings. The van der Waals surface area contributed by atoms with Crippen LogP contribution in [0, 0.1) is 6.92 Å². The largest absolute Gasteiger partial charge is 0.497 e. The second-order valence-corrected chi connectivity index (χ2v) is 7.85. The summed E-state index contributed by atoms with van der Waals surface area (Å²) in [5.74, 6) is 1.57. The number of nitrogens with one attached hydrogen (secondary N) is 1. The van der Waals surface area contributed by atoms with Gasteiger partial charge in [-0.05, 0) is 36.8 Å². The number of benzene rings is 2. The SMILES string of the molecule is COc1ccc(C(=O)CNc2nnc(SCc3ccc(C)cc3)s2)cc1. The summed E-state index contributed by atoms with van der Waals surface area (Å²) in [5, 5.41) is 12.0. The number of thioether (sulfide) groups is 1. The van der Waals surface area contributed by atoms with Crippen LogP contribution in [0.25, 0.3) is 0 Å². The van der Waals surface area contributed by atoms with Gasteiger partial charge in [-0.1, -0.05) is 52.9 Å². The Morgan fingerprint density at radius 1 is 1.12 bits per heavy atom. The summed E-state index contributed by atoms with van der Waals surface area (Å²) < 4.78 is 5.98. The molecule has 0 unspecified atom stereocenters. The molecule has 1 heterocycles. The third-order valence-corrected chi connectivity index (χ3v) is 5.79. The first-order valence-corrected chi connectivity index (χ1v) is 9.87. The number of nitrogens with zero attached hydrogens (tertiary/aromatic N) is 2. The molecule has 3 aromatic rings. The summed E-state index contributed by atoms with van der Waals surface area (Å²) in [4.78, 5) is 12.2. The molecule has 0 bridgehead atoms. The van der Waals surface area contributed by atoms with E-state index in [1.165, 1.54) is 22.5 Å². The van der Waals surface area contributed by atoms with Crippen LogP contribution in [0.15, 0.2) is 52.9 Å². The van der Waals surface area contributed by atoms with Crippen LogP contribution in [-0.2, 0) is 5.75 Å². The number of carbonyl (C=O) groups is 1. The van der Waals surface area contributed by atoms with Gasteiger partial charge in [0.1, 0.15) is 5.75 Å². The lowest BCUT2D eigenvalue weighted by molar-refractivity contribution is 0.101. The number of aryl methyl sites for hydroxylation is 1. The molecular formula is C19H19N3O2S2. The Bertz CT molecular complexity index is 861. The van der Waals surface area contributed by atoms with Crippen molar-refractivity contribution in [2.24, 2.45) is 0 Å². The number of Topliss-reactive ketones (excluding diaryl/α,β-unsaturated/α-hetero) is 1. The number of methoxy groups -OCH3 is 1. The van der Waals surface area contributed by atoms with Crippen molar-refractivity contribution in [2.45, 2.75) is 17.0 Å².